The first kappa shape index (κ1) is 15.7. The number of sulfonamides is 1. The molecule has 1 fully saturated rings. The molecular formula is C17H21NO2S2. The molecule has 1 saturated carbocycles. The van der Waals surface area contributed by atoms with Crippen LogP contribution < -0.4 is 0 Å². The minimum atomic E-state index is -3.43. The van der Waals surface area contributed by atoms with Crippen molar-refractivity contribution < 1.29 is 8.42 Å². The van der Waals surface area contributed by atoms with Crippen molar-refractivity contribution in [2.75, 3.05) is 0 Å². The molecule has 22 heavy (non-hydrogen) atoms. The van der Waals surface area contributed by atoms with Crippen LogP contribution >= 0.6 is 11.3 Å². The number of rotatable bonds is 6. The van der Waals surface area contributed by atoms with Crippen LogP contribution in [0, 0.1) is 12.8 Å². The highest BCUT2D eigenvalue weighted by molar-refractivity contribution is 7.91. The lowest BCUT2D eigenvalue weighted by atomic mass is 10.2. The summed E-state index contributed by atoms with van der Waals surface area (Å²) < 4.78 is 28.3. The van der Waals surface area contributed by atoms with E-state index >= 15 is 0 Å². The van der Waals surface area contributed by atoms with Crippen molar-refractivity contribution in [2.45, 2.75) is 43.5 Å². The molecular weight excluding hydrogens is 314 g/mol. The molecule has 0 aliphatic heterocycles. The van der Waals surface area contributed by atoms with Crippen molar-refractivity contribution in [2.24, 2.45) is 5.92 Å². The number of hydrogen-bond donors (Lipinski definition) is 0. The number of nitrogens with zero attached hydrogens (tertiary/aromatic N) is 1. The highest BCUT2D eigenvalue weighted by Crippen LogP contribution is 2.38. The number of hydrogen-bond acceptors (Lipinski definition) is 3. The molecule has 2 aromatic rings. The van der Waals surface area contributed by atoms with Gasteiger partial charge in [-0.25, -0.2) is 8.42 Å². The molecule has 0 saturated heterocycles. The van der Waals surface area contributed by atoms with Gasteiger partial charge in [0.05, 0.1) is 0 Å². The standard InChI is InChI=1S/C17H21NO2S2/c1-13-8-11-17(21-13)22(19,20)18(14(2)16-9-10-16)12-15-6-4-3-5-7-15/h3-8,11,14,16H,9-10,12H2,1-2H3/t14-/m1/s1. The molecule has 1 aromatic heterocycles. The molecule has 0 radical (unpaired) electrons. The topological polar surface area (TPSA) is 37.4 Å². The van der Waals surface area contributed by atoms with Crippen LogP contribution in [0.2, 0.25) is 0 Å². The van der Waals surface area contributed by atoms with Crippen molar-refractivity contribution in [1.82, 2.24) is 4.31 Å². The first-order valence-corrected chi connectivity index (χ1v) is 9.86. The van der Waals surface area contributed by atoms with E-state index in [1.54, 1.807) is 10.4 Å². The van der Waals surface area contributed by atoms with Crippen LogP contribution in [0.4, 0.5) is 0 Å². The quantitative estimate of drug-likeness (QED) is 0.799. The highest BCUT2D eigenvalue weighted by Gasteiger charge is 2.38. The van der Waals surface area contributed by atoms with Crippen LogP contribution in [-0.4, -0.2) is 18.8 Å². The fraction of sp³-hybridized carbons (Fsp3) is 0.412. The predicted molar refractivity (Wildman–Crippen MR) is 90.4 cm³/mol. The average Bonchev–Trinajstić information content (AvgIpc) is 3.26. The molecule has 0 N–H and O–H groups in total. The van der Waals surface area contributed by atoms with E-state index in [2.05, 4.69) is 0 Å². The minimum Gasteiger partial charge on any atom is -0.206 e. The summed E-state index contributed by atoms with van der Waals surface area (Å²) >= 11 is 1.35. The molecule has 1 aliphatic carbocycles. The summed E-state index contributed by atoms with van der Waals surface area (Å²) in [5, 5.41) is 0. The molecule has 0 amide bonds. The van der Waals surface area contributed by atoms with E-state index in [9.17, 15) is 8.42 Å². The third kappa shape index (κ3) is 3.26. The summed E-state index contributed by atoms with van der Waals surface area (Å²) in [7, 11) is -3.43. The third-order valence-corrected chi connectivity index (χ3v) is 7.62. The maximum atomic E-state index is 13.1. The average molecular weight is 335 g/mol. The summed E-state index contributed by atoms with van der Waals surface area (Å²) in [6.45, 7) is 4.42. The first-order valence-electron chi connectivity index (χ1n) is 7.60. The number of aryl methyl sites for hydroxylation is 1. The van der Waals surface area contributed by atoms with E-state index in [0.29, 0.717) is 16.7 Å². The molecule has 1 atom stereocenters. The largest absolute Gasteiger partial charge is 0.253 e. The maximum absolute atomic E-state index is 13.1. The molecule has 1 aromatic carbocycles. The van der Waals surface area contributed by atoms with Gasteiger partial charge in [0, 0.05) is 17.5 Å². The van der Waals surface area contributed by atoms with Crippen molar-refractivity contribution in [3.8, 4) is 0 Å². The molecule has 1 heterocycles. The molecule has 0 unspecified atom stereocenters. The van der Waals surface area contributed by atoms with Crippen LogP contribution in [-0.2, 0) is 16.6 Å². The molecule has 3 rings (SSSR count). The molecule has 0 spiro atoms. The van der Waals surface area contributed by atoms with Gasteiger partial charge in [0.15, 0.2) is 0 Å². The zero-order valence-corrected chi connectivity index (χ0v) is 14.5. The lowest BCUT2D eigenvalue weighted by Crippen LogP contribution is -2.39. The predicted octanol–water partition coefficient (Wildman–Crippen LogP) is 4.05. The summed E-state index contributed by atoms with van der Waals surface area (Å²) in [6, 6.07) is 13.5. The van der Waals surface area contributed by atoms with E-state index in [-0.39, 0.29) is 6.04 Å². The van der Waals surface area contributed by atoms with Gasteiger partial charge in [-0.05, 0) is 50.3 Å². The van der Waals surface area contributed by atoms with Crippen molar-refractivity contribution in [3.05, 3.63) is 52.9 Å². The second-order valence-electron chi connectivity index (χ2n) is 5.98. The lowest BCUT2D eigenvalue weighted by molar-refractivity contribution is 0.304. The molecule has 1 aliphatic rings. The Morgan fingerprint density at radius 1 is 1.18 bits per heavy atom. The van der Waals surface area contributed by atoms with Gasteiger partial charge in [0.2, 0.25) is 0 Å². The van der Waals surface area contributed by atoms with Gasteiger partial charge >= 0.3 is 0 Å². The fourth-order valence-corrected chi connectivity index (χ4v) is 5.78. The lowest BCUT2D eigenvalue weighted by Gasteiger charge is -2.28. The first-order chi connectivity index (χ1) is 10.5. The van der Waals surface area contributed by atoms with Gasteiger partial charge in [-0.2, -0.15) is 4.31 Å². The summed E-state index contributed by atoms with van der Waals surface area (Å²) in [5.74, 6) is 0.500. The van der Waals surface area contributed by atoms with Crippen LogP contribution in [0.5, 0.6) is 0 Å². The van der Waals surface area contributed by atoms with E-state index in [1.165, 1.54) is 11.3 Å². The highest BCUT2D eigenvalue weighted by atomic mass is 32.2. The molecule has 3 nitrogen and oxygen atoms in total. The van der Waals surface area contributed by atoms with Crippen LogP contribution in [0.25, 0.3) is 0 Å². The Hall–Kier alpha value is -1.17. The summed E-state index contributed by atoms with van der Waals surface area (Å²) in [4.78, 5) is 1.03. The smallest absolute Gasteiger partial charge is 0.206 e. The van der Waals surface area contributed by atoms with E-state index in [1.807, 2.05) is 50.2 Å². The van der Waals surface area contributed by atoms with Gasteiger partial charge < -0.3 is 0 Å². The van der Waals surface area contributed by atoms with Gasteiger partial charge in [-0.1, -0.05) is 30.3 Å². The van der Waals surface area contributed by atoms with Crippen LogP contribution in [0.15, 0.2) is 46.7 Å². The Morgan fingerprint density at radius 3 is 2.41 bits per heavy atom. The number of benzene rings is 1. The van der Waals surface area contributed by atoms with Gasteiger partial charge in [-0.15, -0.1) is 11.3 Å². The minimum absolute atomic E-state index is 0.0487. The Kier molecular flexibility index (Phi) is 4.39. The van der Waals surface area contributed by atoms with Gasteiger partial charge in [0.1, 0.15) is 4.21 Å². The van der Waals surface area contributed by atoms with Crippen LogP contribution in [0.3, 0.4) is 0 Å². The summed E-state index contributed by atoms with van der Waals surface area (Å²) in [6.07, 6.45) is 2.26. The van der Waals surface area contributed by atoms with Gasteiger partial charge in [0.25, 0.3) is 10.0 Å². The Bertz CT molecular complexity index is 733. The maximum Gasteiger partial charge on any atom is 0.253 e. The normalized spacial score (nSPS) is 16.9. The monoisotopic (exact) mass is 335 g/mol. The zero-order chi connectivity index (χ0) is 15.7. The Balaban J connectivity index is 1.94. The van der Waals surface area contributed by atoms with Crippen LogP contribution in [0.1, 0.15) is 30.2 Å². The third-order valence-electron chi connectivity index (χ3n) is 4.22. The van der Waals surface area contributed by atoms with Gasteiger partial charge in [-0.3, -0.25) is 0 Å². The zero-order valence-electron chi connectivity index (χ0n) is 12.9. The van der Waals surface area contributed by atoms with Crippen molar-refractivity contribution in [3.63, 3.8) is 0 Å². The molecule has 118 valence electrons. The van der Waals surface area contributed by atoms with E-state index in [4.69, 9.17) is 0 Å². The van der Waals surface area contributed by atoms with Crippen molar-refractivity contribution >= 4 is 21.4 Å². The van der Waals surface area contributed by atoms with E-state index < -0.39 is 10.0 Å². The second-order valence-corrected chi connectivity index (χ2v) is 9.38. The Morgan fingerprint density at radius 2 is 1.86 bits per heavy atom. The van der Waals surface area contributed by atoms with Crippen molar-refractivity contribution in [1.29, 1.82) is 0 Å². The second kappa shape index (κ2) is 6.14. The summed E-state index contributed by atoms with van der Waals surface area (Å²) in [5.41, 5.74) is 1.03. The molecule has 0 bridgehead atoms. The van der Waals surface area contributed by atoms with E-state index in [0.717, 1.165) is 23.3 Å². The molecule has 5 heteroatoms. The SMILES string of the molecule is Cc1ccc(S(=O)(=O)N(Cc2ccccc2)[C@H](C)C2CC2)s1. The fourth-order valence-electron chi connectivity index (χ4n) is 2.69. The number of thiophene rings is 1. The Labute approximate surface area is 136 Å².